The number of pyridine rings is 1. The van der Waals surface area contributed by atoms with Gasteiger partial charge in [0.2, 0.25) is 5.96 Å². The molecule has 204 valence electrons. The zero-order chi connectivity index (χ0) is 27.5. The largest absolute Gasteiger partial charge is 0.395 e. The number of piperazine rings is 1. The third-order valence-electron chi connectivity index (χ3n) is 6.60. The number of fused-ring (bicyclic) bond motifs is 1. The molecule has 0 spiro atoms. The van der Waals surface area contributed by atoms with E-state index < -0.39 is 17.6 Å². The van der Waals surface area contributed by atoms with Gasteiger partial charge in [-0.25, -0.2) is 15.5 Å². The van der Waals surface area contributed by atoms with E-state index in [1.807, 2.05) is 40.2 Å². The normalized spacial score (nSPS) is 15.3. The SMILES string of the molecule is CN(C)c1cnc(C(=O)NCCO)c2[nH]cc(C(=O)C(=O)N3CCN(C4=NNNN4c4ccccc4)CC3)c12. The number of hydrazine groups is 2. The van der Waals surface area contributed by atoms with Crippen LogP contribution in [0, 0.1) is 0 Å². The summed E-state index contributed by atoms with van der Waals surface area (Å²) in [4.78, 5) is 52.0. The highest BCUT2D eigenvalue weighted by molar-refractivity contribution is 6.45. The fraction of sp³-hybridized carbons (Fsp3) is 0.320. The van der Waals surface area contributed by atoms with Gasteiger partial charge in [0, 0.05) is 58.4 Å². The minimum absolute atomic E-state index is 0.0655. The molecule has 1 saturated heterocycles. The average Bonchev–Trinajstić information content (AvgIpc) is 3.63. The van der Waals surface area contributed by atoms with Crippen molar-refractivity contribution in [1.29, 1.82) is 0 Å². The Balaban J connectivity index is 1.33. The Morgan fingerprint density at radius 3 is 2.54 bits per heavy atom. The van der Waals surface area contributed by atoms with Gasteiger partial charge >= 0.3 is 0 Å². The third-order valence-corrected chi connectivity index (χ3v) is 6.60. The molecule has 4 heterocycles. The van der Waals surface area contributed by atoms with Gasteiger partial charge in [-0.05, 0) is 12.1 Å². The maximum atomic E-state index is 13.5. The molecular formula is C25H30N10O4. The van der Waals surface area contributed by atoms with E-state index in [2.05, 4.69) is 31.5 Å². The van der Waals surface area contributed by atoms with E-state index in [1.54, 1.807) is 19.0 Å². The molecule has 5 N–H and O–H groups in total. The molecule has 0 atom stereocenters. The maximum Gasteiger partial charge on any atom is 0.295 e. The van der Waals surface area contributed by atoms with Crippen LogP contribution >= 0.6 is 0 Å². The number of nitrogens with one attached hydrogen (secondary N) is 4. The van der Waals surface area contributed by atoms with E-state index in [4.69, 9.17) is 5.11 Å². The summed E-state index contributed by atoms with van der Waals surface area (Å²) in [5, 5.41) is 18.2. The lowest BCUT2D eigenvalue weighted by molar-refractivity contribution is -0.127. The van der Waals surface area contributed by atoms with E-state index >= 15 is 0 Å². The number of anilines is 2. The van der Waals surface area contributed by atoms with E-state index in [9.17, 15) is 14.4 Å². The number of H-pyrrole nitrogens is 1. The van der Waals surface area contributed by atoms with Crippen LogP contribution < -0.4 is 26.3 Å². The van der Waals surface area contributed by atoms with Crippen LogP contribution in [0.2, 0.25) is 0 Å². The number of ketones is 1. The first kappa shape index (κ1) is 25.9. The van der Waals surface area contributed by atoms with Crippen LogP contribution in [0.1, 0.15) is 20.8 Å². The van der Waals surface area contributed by atoms with Crippen LogP contribution in [0.3, 0.4) is 0 Å². The number of aliphatic hydroxyl groups is 1. The van der Waals surface area contributed by atoms with Gasteiger partial charge in [0.1, 0.15) is 0 Å². The molecule has 1 fully saturated rings. The summed E-state index contributed by atoms with van der Waals surface area (Å²) in [5.41, 5.74) is 7.86. The van der Waals surface area contributed by atoms with E-state index in [1.165, 1.54) is 17.3 Å². The minimum Gasteiger partial charge on any atom is -0.395 e. The van der Waals surface area contributed by atoms with Crippen molar-refractivity contribution in [3.05, 3.63) is 54.0 Å². The number of para-hydroxylation sites is 1. The van der Waals surface area contributed by atoms with Crippen LogP contribution in [0.15, 0.2) is 47.8 Å². The summed E-state index contributed by atoms with van der Waals surface area (Å²) in [5.74, 6) is -1.11. The summed E-state index contributed by atoms with van der Waals surface area (Å²) in [6, 6.07) is 9.71. The molecule has 3 aromatic rings. The number of Topliss-reactive ketones (excluding diaryl/α,β-unsaturated/α-hetero) is 1. The van der Waals surface area contributed by atoms with Crippen LogP contribution in [0.5, 0.6) is 0 Å². The van der Waals surface area contributed by atoms with Gasteiger partial charge in [-0.3, -0.25) is 14.4 Å². The van der Waals surface area contributed by atoms with Crippen molar-refractivity contribution in [1.82, 2.24) is 36.2 Å². The molecule has 0 unspecified atom stereocenters. The number of guanidine groups is 1. The van der Waals surface area contributed by atoms with Gasteiger partial charge in [-0.1, -0.05) is 18.2 Å². The second-order valence-corrected chi connectivity index (χ2v) is 9.23. The molecule has 14 nitrogen and oxygen atoms in total. The number of carbonyl (C=O) groups excluding carboxylic acids is 3. The molecule has 0 radical (unpaired) electrons. The molecule has 0 bridgehead atoms. The first-order valence-electron chi connectivity index (χ1n) is 12.5. The molecular weight excluding hydrogens is 504 g/mol. The second-order valence-electron chi connectivity index (χ2n) is 9.23. The van der Waals surface area contributed by atoms with Gasteiger partial charge < -0.3 is 30.1 Å². The number of carbonyl (C=O) groups is 3. The number of hydrogen-bond acceptors (Lipinski definition) is 11. The Bertz CT molecular complexity index is 1410. The Morgan fingerprint density at radius 1 is 1.10 bits per heavy atom. The Hall–Kier alpha value is -4.69. The van der Waals surface area contributed by atoms with Gasteiger partial charge in [0.15, 0.2) is 5.69 Å². The highest BCUT2D eigenvalue weighted by Crippen LogP contribution is 2.31. The van der Waals surface area contributed by atoms with Gasteiger partial charge in [-0.15, -0.1) is 10.6 Å². The second kappa shape index (κ2) is 11.0. The maximum absolute atomic E-state index is 13.5. The standard InChI is InChI=1S/C25H30N10O4/c1-32(2)18-15-28-21(23(38)26-8-13-36)20-19(18)17(14-27-20)22(37)24(39)33-9-11-34(12-10-33)25-29-30-31-35(25)16-6-4-3-5-7-16/h3-7,14-15,27,30-31,36H,8-13H2,1-2H3,(H,26,38). The summed E-state index contributed by atoms with van der Waals surface area (Å²) >= 11 is 0. The quantitative estimate of drug-likeness (QED) is 0.197. The number of benzene rings is 1. The molecule has 5 rings (SSSR count). The summed E-state index contributed by atoms with van der Waals surface area (Å²) in [6.07, 6.45) is 2.94. The molecule has 2 aromatic heterocycles. The molecule has 2 aliphatic rings. The van der Waals surface area contributed by atoms with E-state index in [-0.39, 0.29) is 24.4 Å². The lowest BCUT2D eigenvalue weighted by Gasteiger charge is -2.37. The number of aromatic nitrogens is 2. The van der Waals surface area contributed by atoms with E-state index in [0.29, 0.717) is 48.7 Å². The third kappa shape index (κ3) is 4.94. The van der Waals surface area contributed by atoms with Crippen molar-refractivity contribution < 1.29 is 19.5 Å². The number of aliphatic hydroxyl groups excluding tert-OH is 1. The van der Waals surface area contributed by atoms with Gasteiger partial charge in [-0.2, -0.15) is 0 Å². The summed E-state index contributed by atoms with van der Waals surface area (Å²) < 4.78 is 0. The first-order chi connectivity index (χ1) is 18.9. The van der Waals surface area contributed by atoms with Crippen molar-refractivity contribution in [2.24, 2.45) is 5.10 Å². The molecule has 14 heteroatoms. The fourth-order valence-electron chi connectivity index (χ4n) is 4.64. The van der Waals surface area contributed by atoms with Crippen LogP contribution in [0.4, 0.5) is 11.4 Å². The number of amides is 2. The highest BCUT2D eigenvalue weighted by Gasteiger charge is 2.33. The lowest BCUT2D eigenvalue weighted by Crippen LogP contribution is -2.56. The fourth-order valence-corrected chi connectivity index (χ4v) is 4.64. The van der Waals surface area contributed by atoms with Gasteiger partial charge in [0.05, 0.1) is 35.3 Å². The molecule has 2 aliphatic heterocycles. The van der Waals surface area contributed by atoms with E-state index in [0.717, 1.165) is 5.69 Å². The number of rotatable bonds is 7. The smallest absolute Gasteiger partial charge is 0.295 e. The van der Waals surface area contributed by atoms with Crippen LogP contribution in [-0.2, 0) is 4.79 Å². The average molecular weight is 535 g/mol. The Kier molecular flexibility index (Phi) is 7.29. The predicted molar refractivity (Wildman–Crippen MR) is 145 cm³/mol. The number of nitrogens with zero attached hydrogens (tertiary/aromatic N) is 6. The van der Waals surface area contributed by atoms with Crippen molar-refractivity contribution in [2.75, 3.05) is 63.3 Å². The summed E-state index contributed by atoms with van der Waals surface area (Å²) in [6.45, 7) is 1.50. The monoisotopic (exact) mass is 534 g/mol. The minimum atomic E-state index is -0.668. The topological polar surface area (TPSA) is 162 Å². The zero-order valence-electron chi connectivity index (χ0n) is 21.6. The first-order valence-corrected chi connectivity index (χ1v) is 12.5. The molecule has 0 aliphatic carbocycles. The van der Waals surface area contributed by atoms with Crippen molar-refractivity contribution in [2.45, 2.75) is 0 Å². The Morgan fingerprint density at radius 2 is 1.85 bits per heavy atom. The van der Waals surface area contributed by atoms with Crippen molar-refractivity contribution >= 4 is 45.8 Å². The zero-order valence-corrected chi connectivity index (χ0v) is 21.6. The van der Waals surface area contributed by atoms with Crippen molar-refractivity contribution in [3.8, 4) is 0 Å². The van der Waals surface area contributed by atoms with Gasteiger partial charge in [0.25, 0.3) is 17.6 Å². The number of hydrogen-bond donors (Lipinski definition) is 5. The number of aromatic amines is 1. The highest BCUT2D eigenvalue weighted by atomic mass is 16.3. The summed E-state index contributed by atoms with van der Waals surface area (Å²) in [7, 11) is 3.58. The molecule has 0 saturated carbocycles. The Labute approximate surface area is 224 Å². The molecule has 2 amide bonds. The van der Waals surface area contributed by atoms with Crippen molar-refractivity contribution in [3.63, 3.8) is 0 Å². The number of hydrazone groups is 1. The predicted octanol–water partition coefficient (Wildman–Crippen LogP) is -0.522. The molecule has 39 heavy (non-hydrogen) atoms. The lowest BCUT2D eigenvalue weighted by atomic mass is 10.1. The molecule has 1 aromatic carbocycles. The van der Waals surface area contributed by atoms with Crippen LogP contribution in [-0.4, -0.2) is 102 Å². The van der Waals surface area contributed by atoms with Crippen LogP contribution in [0.25, 0.3) is 10.9 Å².